The Kier molecular flexibility index (Phi) is 7.29. The standard InChI is InChI=1S/C29H28N2O5/c1-3-5-7-20-12-16-23(17-13-20)30-26(21-14-10-19(4-2)11-15-21)25(28(33)29(30)34)27(32)22-8-6-9-24(18-22)31(35)36/h6,8-18,26,32H,3-5,7H2,1-2H3/b27-25-. The molecule has 4 rings (SSSR count). The van der Waals surface area contributed by atoms with E-state index in [9.17, 15) is 24.8 Å². The maximum Gasteiger partial charge on any atom is 0.300 e. The van der Waals surface area contributed by atoms with Gasteiger partial charge in [0.1, 0.15) is 5.76 Å². The molecule has 7 nitrogen and oxygen atoms in total. The summed E-state index contributed by atoms with van der Waals surface area (Å²) in [5.41, 5.74) is 3.22. The van der Waals surface area contributed by atoms with Crippen LogP contribution in [0.25, 0.3) is 5.76 Å². The van der Waals surface area contributed by atoms with Gasteiger partial charge in [-0.05, 0) is 48.1 Å². The van der Waals surface area contributed by atoms with E-state index in [1.807, 2.05) is 55.5 Å². The highest BCUT2D eigenvalue weighted by molar-refractivity contribution is 6.51. The Balaban J connectivity index is 1.86. The lowest BCUT2D eigenvalue weighted by Crippen LogP contribution is -2.29. The Morgan fingerprint density at radius 2 is 1.64 bits per heavy atom. The maximum atomic E-state index is 13.3. The van der Waals surface area contributed by atoms with Gasteiger partial charge in [0.05, 0.1) is 16.5 Å². The summed E-state index contributed by atoms with van der Waals surface area (Å²) in [5, 5.41) is 22.5. The second-order valence-electron chi connectivity index (χ2n) is 8.84. The molecule has 0 spiro atoms. The quantitative estimate of drug-likeness (QED) is 0.136. The summed E-state index contributed by atoms with van der Waals surface area (Å²) in [6.07, 6.45) is 3.87. The van der Waals surface area contributed by atoms with Crippen LogP contribution in [0.3, 0.4) is 0 Å². The molecular weight excluding hydrogens is 456 g/mol. The van der Waals surface area contributed by atoms with Crippen molar-refractivity contribution in [3.8, 4) is 0 Å². The van der Waals surface area contributed by atoms with Crippen LogP contribution >= 0.6 is 0 Å². The number of non-ortho nitro benzene ring substituents is 1. The number of aliphatic hydroxyl groups is 1. The number of unbranched alkanes of at least 4 members (excludes halogenated alkanes) is 1. The van der Waals surface area contributed by atoms with Crippen LogP contribution in [0.1, 0.15) is 55.0 Å². The van der Waals surface area contributed by atoms with E-state index in [-0.39, 0.29) is 16.8 Å². The van der Waals surface area contributed by atoms with Crippen LogP contribution in [0.2, 0.25) is 0 Å². The number of anilines is 1. The molecule has 0 bridgehead atoms. The van der Waals surface area contributed by atoms with Gasteiger partial charge in [0.25, 0.3) is 17.4 Å². The van der Waals surface area contributed by atoms with Gasteiger partial charge in [-0.3, -0.25) is 24.6 Å². The minimum Gasteiger partial charge on any atom is -0.507 e. The molecule has 1 atom stereocenters. The molecule has 1 N–H and O–H groups in total. The number of hydrogen-bond acceptors (Lipinski definition) is 5. The molecule has 1 aliphatic heterocycles. The fraction of sp³-hybridized carbons (Fsp3) is 0.241. The van der Waals surface area contributed by atoms with Gasteiger partial charge >= 0.3 is 0 Å². The van der Waals surface area contributed by atoms with Gasteiger partial charge in [-0.1, -0.05) is 68.8 Å². The number of carbonyl (C=O) groups excluding carboxylic acids is 2. The van der Waals surface area contributed by atoms with Crippen molar-refractivity contribution in [2.75, 3.05) is 4.90 Å². The summed E-state index contributed by atoms with van der Waals surface area (Å²) in [5.74, 6) is -2.03. The minimum absolute atomic E-state index is 0.0974. The topological polar surface area (TPSA) is 101 Å². The number of rotatable bonds is 8. The highest BCUT2D eigenvalue weighted by Crippen LogP contribution is 2.42. The lowest BCUT2D eigenvalue weighted by Gasteiger charge is -2.26. The normalized spacial score (nSPS) is 16.9. The molecule has 0 radical (unpaired) electrons. The number of carbonyl (C=O) groups is 2. The molecule has 7 heteroatoms. The van der Waals surface area contributed by atoms with E-state index >= 15 is 0 Å². The summed E-state index contributed by atoms with van der Waals surface area (Å²) in [6, 6.07) is 19.6. The molecule has 1 unspecified atom stereocenters. The second kappa shape index (κ2) is 10.6. The average molecular weight is 485 g/mol. The summed E-state index contributed by atoms with van der Waals surface area (Å²) in [6.45, 7) is 4.16. The third kappa shape index (κ3) is 4.77. The Morgan fingerprint density at radius 1 is 0.972 bits per heavy atom. The average Bonchev–Trinajstić information content (AvgIpc) is 3.17. The van der Waals surface area contributed by atoms with Crippen molar-refractivity contribution in [1.82, 2.24) is 0 Å². The van der Waals surface area contributed by atoms with Gasteiger partial charge in [-0.15, -0.1) is 0 Å². The van der Waals surface area contributed by atoms with Crippen LogP contribution < -0.4 is 4.90 Å². The van der Waals surface area contributed by atoms with E-state index in [0.717, 1.165) is 36.8 Å². The van der Waals surface area contributed by atoms with Crippen molar-refractivity contribution in [2.24, 2.45) is 0 Å². The summed E-state index contributed by atoms with van der Waals surface area (Å²) in [7, 11) is 0. The molecule has 0 aromatic heterocycles. The van der Waals surface area contributed by atoms with Crippen LogP contribution in [0.4, 0.5) is 11.4 Å². The van der Waals surface area contributed by atoms with E-state index in [1.54, 1.807) is 0 Å². The third-order valence-electron chi connectivity index (χ3n) is 6.51. The van der Waals surface area contributed by atoms with E-state index in [2.05, 4.69) is 6.92 Å². The molecule has 1 heterocycles. The first-order valence-corrected chi connectivity index (χ1v) is 12.1. The smallest absolute Gasteiger partial charge is 0.300 e. The zero-order valence-electron chi connectivity index (χ0n) is 20.3. The Labute approximate surface area is 209 Å². The van der Waals surface area contributed by atoms with Crippen molar-refractivity contribution < 1.29 is 19.6 Å². The number of amides is 1. The predicted molar refractivity (Wildman–Crippen MR) is 139 cm³/mol. The minimum atomic E-state index is -0.878. The zero-order chi connectivity index (χ0) is 25.8. The fourth-order valence-electron chi connectivity index (χ4n) is 4.48. The van der Waals surface area contributed by atoms with E-state index in [1.165, 1.54) is 29.2 Å². The molecule has 1 saturated heterocycles. The summed E-state index contributed by atoms with van der Waals surface area (Å²) in [4.78, 5) is 38.7. The number of aryl methyl sites for hydroxylation is 2. The SMILES string of the molecule is CCCCc1ccc(N2C(=O)C(=O)/C(=C(\O)c3cccc([N+](=O)[O-])c3)C2c2ccc(CC)cc2)cc1. The molecule has 0 aliphatic carbocycles. The number of hydrogen-bond donors (Lipinski definition) is 1. The number of ketones is 1. The van der Waals surface area contributed by atoms with E-state index < -0.39 is 28.4 Å². The number of nitrogens with zero attached hydrogens (tertiary/aromatic N) is 2. The van der Waals surface area contributed by atoms with E-state index in [4.69, 9.17) is 0 Å². The Morgan fingerprint density at radius 3 is 2.25 bits per heavy atom. The molecule has 1 fully saturated rings. The first kappa shape index (κ1) is 24.9. The van der Waals surface area contributed by atoms with Gasteiger partial charge in [-0.25, -0.2) is 0 Å². The van der Waals surface area contributed by atoms with Crippen molar-refractivity contribution >= 4 is 28.8 Å². The number of Topliss-reactive ketones (excluding diaryl/α,β-unsaturated/α-hetero) is 1. The van der Waals surface area contributed by atoms with Crippen LogP contribution in [0.5, 0.6) is 0 Å². The highest BCUT2D eigenvalue weighted by Gasteiger charge is 2.47. The molecular formula is C29H28N2O5. The van der Waals surface area contributed by atoms with Crippen LogP contribution in [0.15, 0.2) is 78.4 Å². The third-order valence-corrected chi connectivity index (χ3v) is 6.51. The van der Waals surface area contributed by atoms with E-state index in [0.29, 0.717) is 11.3 Å². The number of benzene rings is 3. The van der Waals surface area contributed by atoms with Gasteiger partial charge in [0.15, 0.2) is 0 Å². The number of aliphatic hydroxyl groups excluding tert-OH is 1. The number of nitro groups is 1. The van der Waals surface area contributed by atoms with Gasteiger partial charge in [0.2, 0.25) is 0 Å². The lowest BCUT2D eigenvalue weighted by atomic mass is 9.94. The zero-order valence-corrected chi connectivity index (χ0v) is 20.3. The molecule has 3 aromatic carbocycles. The molecule has 36 heavy (non-hydrogen) atoms. The molecule has 0 saturated carbocycles. The van der Waals surface area contributed by atoms with Crippen molar-refractivity contribution in [2.45, 2.75) is 45.6 Å². The predicted octanol–water partition coefficient (Wildman–Crippen LogP) is 6.13. The monoisotopic (exact) mass is 484 g/mol. The fourth-order valence-corrected chi connectivity index (χ4v) is 4.48. The van der Waals surface area contributed by atoms with Crippen molar-refractivity contribution in [3.05, 3.63) is 111 Å². The van der Waals surface area contributed by atoms with Gasteiger partial charge < -0.3 is 5.11 Å². The molecule has 184 valence electrons. The summed E-state index contributed by atoms with van der Waals surface area (Å²) >= 11 is 0. The lowest BCUT2D eigenvalue weighted by molar-refractivity contribution is -0.384. The molecule has 1 amide bonds. The molecule has 1 aliphatic rings. The maximum absolute atomic E-state index is 13.3. The van der Waals surface area contributed by atoms with Crippen LogP contribution in [0, 0.1) is 10.1 Å². The first-order valence-electron chi connectivity index (χ1n) is 12.1. The largest absolute Gasteiger partial charge is 0.507 e. The first-order chi connectivity index (χ1) is 17.3. The van der Waals surface area contributed by atoms with Crippen molar-refractivity contribution in [1.29, 1.82) is 0 Å². The number of nitro benzene ring substituents is 1. The van der Waals surface area contributed by atoms with Gasteiger partial charge in [-0.2, -0.15) is 0 Å². The summed E-state index contributed by atoms with van der Waals surface area (Å²) < 4.78 is 0. The Bertz CT molecular complexity index is 1330. The van der Waals surface area contributed by atoms with Crippen molar-refractivity contribution in [3.63, 3.8) is 0 Å². The van der Waals surface area contributed by atoms with Crippen LogP contribution in [-0.2, 0) is 22.4 Å². The molecule has 3 aromatic rings. The second-order valence-corrected chi connectivity index (χ2v) is 8.84. The van der Waals surface area contributed by atoms with Crippen LogP contribution in [-0.4, -0.2) is 21.7 Å². The highest BCUT2D eigenvalue weighted by atomic mass is 16.6. The van der Waals surface area contributed by atoms with Gasteiger partial charge in [0, 0.05) is 23.4 Å². The Hall–Kier alpha value is -4.26.